The average Bonchev–Trinajstić information content (AvgIpc) is 2.38. The SMILES string of the molecule is COc1nccnc1C(N)c1ncc(Cl)cc1Cl. The van der Waals surface area contributed by atoms with Crippen LogP contribution in [-0.4, -0.2) is 22.1 Å². The van der Waals surface area contributed by atoms with Gasteiger partial charge in [0.05, 0.1) is 28.9 Å². The van der Waals surface area contributed by atoms with E-state index in [1.807, 2.05) is 0 Å². The van der Waals surface area contributed by atoms with Crippen molar-refractivity contribution >= 4 is 23.2 Å². The highest BCUT2D eigenvalue weighted by atomic mass is 35.5. The molecule has 2 aromatic rings. The number of hydrogen-bond donors (Lipinski definition) is 1. The molecule has 18 heavy (non-hydrogen) atoms. The third-order valence-electron chi connectivity index (χ3n) is 2.31. The molecule has 0 fully saturated rings. The summed E-state index contributed by atoms with van der Waals surface area (Å²) in [5.41, 5.74) is 7.01. The van der Waals surface area contributed by atoms with Gasteiger partial charge >= 0.3 is 0 Å². The Morgan fingerprint density at radius 2 is 1.89 bits per heavy atom. The van der Waals surface area contributed by atoms with Crippen molar-refractivity contribution in [2.45, 2.75) is 6.04 Å². The van der Waals surface area contributed by atoms with Crippen LogP contribution in [0.5, 0.6) is 5.88 Å². The van der Waals surface area contributed by atoms with Gasteiger partial charge in [0, 0.05) is 18.6 Å². The second-order valence-electron chi connectivity index (χ2n) is 3.45. The molecule has 2 rings (SSSR count). The molecule has 0 aliphatic rings. The lowest BCUT2D eigenvalue weighted by molar-refractivity contribution is 0.386. The van der Waals surface area contributed by atoms with Gasteiger partial charge in [-0.1, -0.05) is 23.2 Å². The Morgan fingerprint density at radius 3 is 2.56 bits per heavy atom. The van der Waals surface area contributed by atoms with Crippen LogP contribution in [0.3, 0.4) is 0 Å². The molecular formula is C11H10Cl2N4O. The molecule has 0 saturated carbocycles. The first-order valence-electron chi connectivity index (χ1n) is 5.05. The Kier molecular flexibility index (Phi) is 3.96. The van der Waals surface area contributed by atoms with E-state index in [4.69, 9.17) is 33.7 Å². The number of nitrogens with two attached hydrogens (primary N) is 1. The van der Waals surface area contributed by atoms with Gasteiger partial charge < -0.3 is 10.5 Å². The summed E-state index contributed by atoms with van der Waals surface area (Å²) in [6.45, 7) is 0. The highest BCUT2D eigenvalue weighted by Crippen LogP contribution is 2.28. The van der Waals surface area contributed by atoms with E-state index >= 15 is 0 Å². The largest absolute Gasteiger partial charge is 0.480 e. The molecule has 0 aliphatic carbocycles. The maximum atomic E-state index is 6.07. The molecule has 0 amide bonds. The maximum Gasteiger partial charge on any atom is 0.237 e. The lowest BCUT2D eigenvalue weighted by Gasteiger charge is -2.14. The number of methoxy groups -OCH3 is 1. The first-order chi connectivity index (χ1) is 8.63. The molecule has 1 unspecified atom stereocenters. The summed E-state index contributed by atoms with van der Waals surface area (Å²) in [5, 5.41) is 0.824. The zero-order valence-electron chi connectivity index (χ0n) is 9.47. The van der Waals surface area contributed by atoms with Crippen molar-refractivity contribution in [2.75, 3.05) is 7.11 Å². The first kappa shape index (κ1) is 13.0. The van der Waals surface area contributed by atoms with Crippen molar-refractivity contribution < 1.29 is 4.74 Å². The van der Waals surface area contributed by atoms with Crippen LogP contribution < -0.4 is 10.5 Å². The molecular weight excluding hydrogens is 275 g/mol. The number of nitrogens with zero attached hydrogens (tertiary/aromatic N) is 3. The Balaban J connectivity index is 2.44. The van der Waals surface area contributed by atoms with Gasteiger partial charge in [0.2, 0.25) is 5.88 Å². The molecule has 2 N–H and O–H groups in total. The minimum absolute atomic E-state index is 0.345. The Labute approximate surface area is 114 Å². The number of ether oxygens (including phenoxy) is 1. The third kappa shape index (κ3) is 2.53. The van der Waals surface area contributed by atoms with Crippen LogP contribution in [0.2, 0.25) is 10.0 Å². The zero-order chi connectivity index (χ0) is 13.1. The second-order valence-corrected chi connectivity index (χ2v) is 4.29. The summed E-state index contributed by atoms with van der Waals surface area (Å²) in [6, 6.07) is 0.951. The van der Waals surface area contributed by atoms with E-state index in [0.29, 0.717) is 27.3 Å². The third-order valence-corrected chi connectivity index (χ3v) is 2.82. The van der Waals surface area contributed by atoms with E-state index in [9.17, 15) is 0 Å². The number of aromatic nitrogens is 3. The quantitative estimate of drug-likeness (QED) is 0.936. The predicted octanol–water partition coefficient (Wildman–Crippen LogP) is 2.24. The fraction of sp³-hybridized carbons (Fsp3) is 0.182. The number of rotatable bonds is 3. The first-order valence-corrected chi connectivity index (χ1v) is 5.80. The minimum Gasteiger partial charge on any atom is -0.480 e. The van der Waals surface area contributed by atoms with Crippen LogP contribution in [0, 0.1) is 0 Å². The Morgan fingerprint density at radius 1 is 1.17 bits per heavy atom. The molecule has 0 saturated heterocycles. The highest BCUT2D eigenvalue weighted by molar-refractivity contribution is 6.34. The number of halogens is 2. The van der Waals surface area contributed by atoms with Crippen LogP contribution in [0.25, 0.3) is 0 Å². The summed E-state index contributed by atoms with van der Waals surface area (Å²) in [4.78, 5) is 12.3. The van der Waals surface area contributed by atoms with Gasteiger partial charge in [-0.25, -0.2) is 4.98 Å². The minimum atomic E-state index is -0.626. The van der Waals surface area contributed by atoms with Crippen molar-refractivity contribution in [3.8, 4) is 5.88 Å². The lowest BCUT2D eigenvalue weighted by Crippen LogP contribution is -2.17. The summed E-state index contributed by atoms with van der Waals surface area (Å²) >= 11 is 11.8. The summed E-state index contributed by atoms with van der Waals surface area (Å²) < 4.78 is 5.10. The molecule has 0 aliphatic heterocycles. The zero-order valence-corrected chi connectivity index (χ0v) is 11.0. The van der Waals surface area contributed by atoms with Crippen LogP contribution in [0.1, 0.15) is 17.4 Å². The van der Waals surface area contributed by atoms with Gasteiger partial charge in [0.15, 0.2) is 0 Å². The van der Waals surface area contributed by atoms with Crippen LogP contribution in [0.15, 0.2) is 24.7 Å². The predicted molar refractivity (Wildman–Crippen MR) is 68.9 cm³/mol. The molecule has 2 aromatic heterocycles. The smallest absolute Gasteiger partial charge is 0.237 e. The van der Waals surface area contributed by atoms with Crippen molar-refractivity contribution in [3.05, 3.63) is 46.1 Å². The van der Waals surface area contributed by atoms with Crippen molar-refractivity contribution in [1.82, 2.24) is 15.0 Å². The lowest BCUT2D eigenvalue weighted by atomic mass is 10.1. The monoisotopic (exact) mass is 284 g/mol. The number of hydrogen-bond acceptors (Lipinski definition) is 5. The second kappa shape index (κ2) is 5.48. The fourth-order valence-electron chi connectivity index (χ4n) is 1.49. The van der Waals surface area contributed by atoms with Crippen molar-refractivity contribution in [3.63, 3.8) is 0 Å². The highest BCUT2D eigenvalue weighted by Gasteiger charge is 2.20. The van der Waals surface area contributed by atoms with Gasteiger partial charge in [-0.3, -0.25) is 9.97 Å². The van der Waals surface area contributed by atoms with E-state index in [-0.39, 0.29) is 0 Å². The standard InChI is InChI=1S/C11H10Cl2N4O/c1-18-11-10(15-2-3-16-11)8(14)9-7(13)4-6(12)5-17-9/h2-5,8H,14H2,1H3. The maximum absolute atomic E-state index is 6.07. The van der Waals surface area contributed by atoms with Gasteiger partial charge in [0.25, 0.3) is 0 Å². The molecule has 7 heteroatoms. The molecule has 0 bridgehead atoms. The van der Waals surface area contributed by atoms with Crippen molar-refractivity contribution in [2.24, 2.45) is 5.73 Å². The van der Waals surface area contributed by atoms with Gasteiger partial charge in [-0.15, -0.1) is 0 Å². The van der Waals surface area contributed by atoms with E-state index in [1.165, 1.54) is 25.7 Å². The van der Waals surface area contributed by atoms with E-state index in [1.54, 1.807) is 6.07 Å². The molecule has 1 atom stereocenters. The summed E-state index contributed by atoms with van der Waals surface area (Å²) in [7, 11) is 1.50. The molecule has 0 spiro atoms. The van der Waals surface area contributed by atoms with Crippen LogP contribution in [-0.2, 0) is 0 Å². The number of pyridine rings is 1. The van der Waals surface area contributed by atoms with Crippen LogP contribution in [0.4, 0.5) is 0 Å². The molecule has 0 radical (unpaired) electrons. The van der Waals surface area contributed by atoms with E-state index in [2.05, 4.69) is 15.0 Å². The Hall–Kier alpha value is -1.43. The van der Waals surface area contributed by atoms with E-state index < -0.39 is 6.04 Å². The van der Waals surface area contributed by atoms with E-state index in [0.717, 1.165) is 0 Å². The van der Waals surface area contributed by atoms with Crippen molar-refractivity contribution in [1.29, 1.82) is 0 Å². The molecule has 94 valence electrons. The van der Waals surface area contributed by atoms with Crippen LogP contribution >= 0.6 is 23.2 Å². The molecule has 5 nitrogen and oxygen atoms in total. The molecule has 2 heterocycles. The van der Waals surface area contributed by atoms with Gasteiger partial charge in [0.1, 0.15) is 5.69 Å². The molecule has 0 aromatic carbocycles. The Bertz CT molecular complexity index is 564. The van der Waals surface area contributed by atoms with Gasteiger partial charge in [-0.2, -0.15) is 0 Å². The van der Waals surface area contributed by atoms with Gasteiger partial charge in [-0.05, 0) is 6.07 Å². The summed E-state index contributed by atoms with van der Waals surface area (Å²) in [6.07, 6.45) is 4.53. The fourth-order valence-corrected chi connectivity index (χ4v) is 1.99. The summed E-state index contributed by atoms with van der Waals surface area (Å²) in [5.74, 6) is 0.345. The topological polar surface area (TPSA) is 73.9 Å². The normalized spacial score (nSPS) is 12.2. The average molecular weight is 285 g/mol.